The van der Waals surface area contributed by atoms with Gasteiger partial charge in [-0.2, -0.15) is 0 Å². The molecule has 4 saturated carbocycles. The molecule has 2 bridgehead atoms. The summed E-state index contributed by atoms with van der Waals surface area (Å²) in [6.07, 6.45) is -2.21. The molecule has 2 aliphatic heterocycles. The van der Waals surface area contributed by atoms with Crippen LogP contribution in [0.1, 0.15) is 51.4 Å². The van der Waals surface area contributed by atoms with Gasteiger partial charge in [-0.3, -0.25) is 23.9 Å². The number of hydrogen-bond acceptors (Lipinski definition) is 5. The van der Waals surface area contributed by atoms with Crippen molar-refractivity contribution in [2.45, 2.75) is 75.5 Å². The van der Waals surface area contributed by atoms with E-state index >= 15 is 0 Å². The summed E-state index contributed by atoms with van der Waals surface area (Å²) >= 11 is 0. The van der Waals surface area contributed by atoms with Gasteiger partial charge < -0.3 is 15.5 Å². The summed E-state index contributed by atoms with van der Waals surface area (Å²) in [7, 11) is 0. The maximum Gasteiger partial charge on any atom is 0.522 e. The summed E-state index contributed by atoms with van der Waals surface area (Å²) in [4.78, 5) is 52.5. The van der Waals surface area contributed by atoms with Crippen LogP contribution in [-0.2, 0) is 23.9 Å². The minimum absolute atomic E-state index is 0.155. The van der Waals surface area contributed by atoms with Crippen molar-refractivity contribution >= 4 is 23.5 Å². The second kappa shape index (κ2) is 7.63. The number of likely N-dealkylation sites (tertiary alicyclic amines) is 1. The van der Waals surface area contributed by atoms with Crippen molar-refractivity contribution in [1.82, 2.24) is 15.5 Å². The van der Waals surface area contributed by atoms with E-state index in [1.165, 1.54) is 4.90 Å². The monoisotopic (exact) mass is 489 g/mol. The Morgan fingerprint density at radius 3 is 2.41 bits per heavy atom. The van der Waals surface area contributed by atoms with Gasteiger partial charge in [-0.05, 0) is 56.8 Å². The first-order valence-electron chi connectivity index (χ1n) is 11.6. The highest BCUT2D eigenvalue weighted by Gasteiger charge is 2.74. The fraction of sp³-hybridized carbons (Fsp3) is 0.818. The Kier molecular flexibility index (Phi) is 5.27. The molecule has 6 aliphatic rings. The van der Waals surface area contributed by atoms with Gasteiger partial charge in [-0.15, -0.1) is 13.2 Å². The predicted molar refractivity (Wildman–Crippen MR) is 107 cm³/mol. The van der Waals surface area contributed by atoms with Crippen LogP contribution in [0, 0.1) is 16.7 Å². The first-order chi connectivity index (χ1) is 15.8. The van der Waals surface area contributed by atoms with Crippen molar-refractivity contribution < 1.29 is 41.5 Å². The molecular weight excluding hydrogens is 462 g/mol. The minimum Gasteiger partial charge on any atom is -0.356 e. The summed E-state index contributed by atoms with van der Waals surface area (Å²) in [5, 5.41) is 5.12. The van der Waals surface area contributed by atoms with E-state index in [0.717, 1.165) is 12.8 Å². The molecule has 0 aromatic heterocycles. The molecule has 2 N–H and O–H groups in total. The van der Waals surface area contributed by atoms with Crippen molar-refractivity contribution in [2.75, 3.05) is 19.7 Å². The SMILES string of the molecule is O=C(COC(F)(F)F)C(C[C@@H]1CCNC1=O)NC(=O)[C@@H]1CC2(CC2)CN1C(=O)C12CC(F)(C1)C2. The van der Waals surface area contributed by atoms with Crippen molar-refractivity contribution in [3.05, 3.63) is 0 Å². The van der Waals surface area contributed by atoms with Gasteiger partial charge >= 0.3 is 6.36 Å². The molecular formula is C22H27F4N3O5. The van der Waals surface area contributed by atoms with E-state index in [0.29, 0.717) is 25.9 Å². The number of ketones is 1. The molecule has 2 heterocycles. The number of amides is 3. The Labute approximate surface area is 193 Å². The first kappa shape index (κ1) is 23.5. The molecule has 4 aliphatic carbocycles. The van der Waals surface area contributed by atoms with Crippen molar-refractivity contribution in [3.8, 4) is 0 Å². The van der Waals surface area contributed by atoms with Gasteiger partial charge in [0.2, 0.25) is 17.7 Å². The molecule has 3 atom stereocenters. The maximum atomic E-state index is 14.0. The molecule has 12 heteroatoms. The standard InChI is InChI=1S/C22H27F4N3O5/c23-21-8-20(9-21,10-21)18(33)29-11-19(2-3-19)6-14(29)17(32)28-13(5-12-1-4-27-16(12)31)15(30)7-34-22(24,25)26/h12-14H,1-11H2,(H,27,31)(H,28,32)/t12-,13?,14-,20?,21?/m0/s1. The number of alkyl halides is 4. The molecule has 188 valence electrons. The van der Waals surface area contributed by atoms with Gasteiger partial charge in [0.15, 0.2) is 5.78 Å². The lowest BCUT2D eigenvalue weighted by Gasteiger charge is -2.65. The summed E-state index contributed by atoms with van der Waals surface area (Å²) in [6, 6.07) is -2.24. The van der Waals surface area contributed by atoms with Crippen LogP contribution in [-0.4, -0.2) is 72.2 Å². The molecule has 0 aromatic carbocycles. The molecule has 2 saturated heterocycles. The van der Waals surface area contributed by atoms with E-state index in [1.807, 2.05) is 0 Å². The zero-order valence-electron chi connectivity index (χ0n) is 18.5. The summed E-state index contributed by atoms with van der Waals surface area (Å²) in [5.41, 5.74) is -2.20. The minimum atomic E-state index is -5.02. The van der Waals surface area contributed by atoms with Gasteiger partial charge in [0, 0.05) is 19.0 Å². The number of rotatable bonds is 8. The average molecular weight is 489 g/mol. The van der Waals surface area contributed by atoms with E-state index in [1.54, 1.807) is 0 Å². The Morgan fingerprint density at radius 1 is 1.21 bits per heavy atom. The highest BCUT2D eigenvalue weighted by Crippen LogP contribution is 2.70. The van der Waals surface area contributed by atoms with Gasteiger partial charge in [0.05, 0.1) is 11.5 Å². The molecule has 0 aromatic rings. The van der Waals surface area contributed by atoms with Crippen LogP contribution in [0.3, 0.4) is 0 Å². The zero-order valence-corrected chi connectivity index (χ0v) is 18.5. The Hall–Kier alpha value is -2.24. The van der Waals surface area contributed by atoms with Crippen LogP contribution >= 0.6 is 0 Å². The van der Waals surface area contributed by atoms with Crippen LogP contribution < -0.4 is 10.6 Å². The van der Waals surface area contributed by atoms with Crippen LogP contribution in [0.15, 0.2) is 0 Å². The smallest absolute Gasteiger partial charge is 0.356 e. The Morgan fingerprint density at radius 2 is 1.88 bits per heavy atom. The largest absolute Gasteiger partial charge is 0.522 e. The Bertz CT molecular complexity index is 914. The molecule has 1 unspecified atom stereocenters. The van der Waals surface area contributed by atoms with E-state index in [2.05, 4.69) is 15.4 Å². The van der Waals surface area contributed by atoms with Gasteiger partial charge in [0.25, 0.3) is 0 Å². The number of carbonyl (C=O) groups excluding carboxylic acids is 4. The quantitative estimate of drug-likeness (QED) is 0.502. The van der Waals surface area contributed by atoms with Crippen LogP contribution in [0.4, 0.5) is 17.6 Å². The first-order valence-corrected chi connectivity index (χ1v) is 11.6. The van der Waals surface area contributed by atoms with E-state index in [4.69, 9.17) is 0 Å². The lowest BCUT2D eigenvalue weighted by atomic mass is 9.42. The molecule has 8 nitrogen and oxygen atoms in total. The van der Waals surface area contributed by atoms with Gasteiger partial charge in [0.1, 0.15) is 18.3 Å². The molecule has 0 radical (unpaired) electrons. The normalized spacial score (nSPS) is 35.9. The van der Waals surface area contributed by atoms with Gasteiger partial charge in [-0.1, -0.05) is 0 Å². The number of Topliss-reactive ketones (excluding diaryl/α,β-unsaturated/α-hetero) is 1. The topological polar surface area (TPSA) is 105 Å². The van der Waals surface area contributed by atoms with Crippen molar-refractivity contribution in [3.63, 3.8) is 0 Å². The van der Waals surface area contributed by atoms with Crippen LogP contribution in [0.25, 0.3) is 0 Å². The van der Waals surface area contributed by atoms with Crippen molar-refractivity contribution in [1.29, 1.82) is 0 Å². The molecule has 1 spiro atoms. The third-order valence-electron chi connectivity index (χ3n) is 8.21. The number of hydrogen-bond donors (Lipinski definition) is 2. The van der Waals surface area contributed by atoms with Gasteiger partial charge in [-0.25, -0.2) is 4.39 Å². The fourth-order valence-corrected chi connectivity index (χ4v) is 6.19. The summed E-state index contributed by atoms with van der Waals surface area (Å²) < 4.78 is 55.1. The maximum absolute atomic E-state index is 14.0. The molecule has 3 amide bonds. The van der Waals surface area contributed by atoms with E-state index in [9.17, 15) is 36.7 Å². The fourth-order valence-electron chi connectivity index (χ4n) is 6.19. The van der Waals surface area contributed by atoms with E-state index in [-0.39, 0.29) is 42.9 Å². The number of carbonyl (C=O) groups is 4. The highest BCUT2D eigenvalue weighted by atomic mass is 19.4. The lowest BCUT2D eigenvalue weighted by Crippen LogP contribution is -2.71. The third-order valence-corrected chi connectivity index (χ3v) is 8.21. The molecule has 6 rings (SSSR count). The average Bonchev–Trinajstić information content (AvgIpc) is 3.17. The lowest BCUT2D eigenvalue weighted by molar-refractivity contribution is -0.321. The van der Waals surface area contributed by atoms with Crippen LogP contribution in [0.5, 0.6) is 0 Å². The van der Waals surface area contributed by atoms with E-state index < -0.39 is 53.7 Å². The molecule has 6 fully saturated rings. The molecule has 34 heavy (non-hydrogen) atoms. The summed E-state index contributed by atoms with van der Waals surface area (Å²) in [5.74, 6) is -2.85. The highest BCUT2D eigenvalue weighted by molar-refractivity contribution is 5.96. The second-order valence-electron chi connectivity index (χ2n) is 10.9. The number of nitrogens with zero attached hydrogens (tertiary/aromatic N) is 1. The number of ether oxygens (including phenoxy) is 1. The second-order valence-corrected chi connectivity index (χ2v) is 10.9. The predicted octanol–water partition coefficient (Wildman–Crippen LogP) is 1.38. The Balaban J connectivity index is 1.29. The third kappa shape index (κ3) is 4.18. The number of halogens is 4. The van der Waals surface area contributed by atoms with Crippen molar-refractivity contribution in [2.24, 2.45) is 16.7 Å². The summed E-state index contributed by atoms with van der Waals surface area (Å²) in [6.45, 7) is -0.531. The zero-order chi connectivity index (χ0) is 24.5. The van der Waals surface area contributed by atoms with Crippen LogP contribution in [0.2, 0.25) is 0 Å². The number of nitrogens with one attached hydrogen (secondary N) is 2.